The van der Waals surface area contributed by atoms with E-state index in [9.17, 15) is 9.18 Å². The first-order valence-corrected chi connectivity index (χ1v) is 15.1. The molecule has 7 heteroatoms. The van der Waals surface area contributed by atoms with Crippen molar-refractivity contribution in [2.75, 3.05) is 26.4 Å². The van der Waals surface area contributed by atoms with Gasteiger partial charge in [-0.05, 0) is 89.0 Å². The van der Waals surface area contributed by atoms with Crippen LogP contribution in [0.5, 0.6) is 0 Å². The van der Waals surface area contributed by atoms with Crippen LogP contribution in [0.2, 0.25) is 0 Å². The Bertz CT molecular complexity index is 1130. The Morgan fingerprint density at radius 3 is 2.52 bits per heavy atom. The zero-order valence-electron chi connectivity index (χ0n) is 24.4. The first-order valence-electron chi connectivity index (χ1n) is 15.1. The second-order valence-electron chi connectivity index (χ2n) is 12.9. The Hall–Kier alpha value is -2.51. The van der Waals surface area contributed by atoms with Crippen LogP contribution in [0.3, 0.4) is 0 Å². The van der Waals surface area contributed by atoms with E-state index in [1.807, 2.05) is 50.1 Å². The van der Waals surface area contributed by atoms with Crippen molar-refractivity contribution in [3.8, 4) is 0 Å². The summed E-state index contributed by atoms with van der Waals surface area (Å²) < 4.78 is 31.3. The molecule has 5 rings (SSSR count). The van der Waals surface area contributed by atoms with Crippen molar-refractivity contribution in [3.63, 3.8) is 0 Å². The number of pyridine rings is 1. The van der Waals surface area contributed by atoms with Gasteiger partial charge < -0.3 is 19.1 Å². The fraction of sp³-hybridized carbons (Fsp3) is 0.636. The number of aromatic nitrogens is 1. The number of alkyl halides is 1. The average Bonchev–Trinajstić information content (AvgIpc) is 3.39. The molecule has 2 heterocycles. The summed E-state index contributed by atoms with van der Waals surface area (Å²) in [5, 5.41) is 0. The van der Waals surface area contributed by atoms with Crippen LogP contribution < -0.4 is 0 Å². The van der Waals surface area contributed by atoms with E-state index >= 15 is 0 Å². The molecule has 3 atom stereocenters. The molecular weight excluding hydrogens is 507 g/mol. The number of benzene rings is 1. The molecule has 0 unspecified atom stereocenters. The molecule has 1 aromatic heterocycles. The monoisotopic (exact) mass is 552 g/mol. The number of carbonyl (C=O) groups excluding carboxylic acids is 1. The van der Waals surface area contributed by atoms with Crippen LogP contribution in [-0.4, -0.2) is 53.6 Å². The van der Waals surface area contributed by atoms with Gasteiger partial charge in [-0.2, -0.15) is 0 Å². The van der Waals surface area contributed by atoms with E-state index < -0.39 is 12.3 Å². The van der Waals surface area contributed by atoms with Crippen molar-refractivity contribution in [2.45, 2.75) is 107 Å². The van der Waals surface area contributed by atoms with E-state index in [-0.39, 0.29) is 35.9 Å². The summed E-state index contributed by atoms with van der Waals surface area (Å²) in [6.07, 6.45) is 10.1. The van der Waals surface area contributed by atoms with E-state index in [1.165, 1.54) is 12.8 Å². The number of carbonyl (C=O) groups is 1. The standard InChI is InChI=1S/C33H45FN2O4/c1-31(2,3)40-30(37)36(27-13-14-28(38-23-19-34)26-11-5-4-10-25(26)27)21-17-32(29-12-6-9-20-35-29)18-22-39-33(24-32)15-7-8-16-33/h4-6,9-12,20,27-28H,7-8,13-19,21-24H2,1-3H3/t27-,28-,32+/m0/s1. The summed E-state index contributed by atoms with van der Waals surface area (Å²) >= 11 is 0. The Balaban J connectivity index is 1.47. The summed E-state index contributed by atoms with van der Waals surface area (Å²) in [5.41, 5.74) is 2.32. The Morgan fingerprint density at radius 1 is 1.07 bits per heavy atom. The minimum Gasteiger partial charge on any atom is -0.444 e. The largest absolute Gasteiger partial charge is 0.444 e. The number of fused-ring (bicyclic) bond motifs is 1. The molecule has 2 fully saturated rings. The third kappa shape index (κ3) is 6.36. The van der Waals surface area contributed by atoms with Crippen molar-refractivity contribution >= 4 is 6.09 Å². The molecule has 1 saturated carbocycles. The van der Waals surface area contributed by atoms with E-state index in [0.717, 1.165) is 61.8 Å². The lowest BCUT2D eigenvalue weighted by Crippen LogP contribution is -2.49. The second-order valence-corrected chi connectivity index (χ2v) is 12.9. The van der Waals surface area contributed by atoms with Gasteiger partial charge in [-0.1, -0.05) is 43.2 Å². The molecule has 0 radical (unpaired) electrons. The first-order chi connectivity index (χ1) is 19.2. The highest BCUT2D eigenvalue weighted by atomic mass is 19.1. The molecule has 40 heavy (non-hydrogen) atoms. The molecular formula is C33H45FN2O4. The predicted octanol–water partition coefficient (Wildman–Crippen LogP) is 7.63. The topological polar surface area (TPSA) is 60.9 Å². The van der Waals surface area contributed by atoms with E-state index in [0.29, 0.717) is 13.2 Å². The normalized spacial score (nSPS) is 25.9. The smallest absolute Gasteiger partial charge is 0.410 e. The third-order valence-electron chi connectivity index (χ3n) is 9.01. The molecule has 218 valence electrons. The molecule has 3 aliphatic rings. The van der Waals surface area contributed by atoms with Gasteiger partial charge in [0.15, 0.2) is 0 Å². The Morgan fingerprint density at radius 2 is 1.82 bits per heavy atom. The number of rotatable bonds is 8. The van der Waals surface area contributed by atoms with Crippen LogP contribution in [0.25, 0.3) is 0 Å². The van der Waals surface area contributed by atoms with E-state index in [2.05, 4.69) is 24.3 Å². The van der Waals surface area contributed by atoms with Crippen LogP contribution >= 0.6 is 0 Å². The molecule has 2 aliphatic carbocycles. The molecule has 0 N–H and O–H groups in total. The maximum atomic E-state index is 13.9. The van der Waals surface area contributed by atoms with Crippen LogP contribution in [0.1, 0.15) is 108 Å². The summed E-state index contributed by atoms with van der Waals surface area (Å²) in [5.74, 6) is 0. The number of nitrogens with zero attached hydrogens (tertiary/aromatic N) is 2. The third-order valence-corrected chi connectivity index (χ3v) is 9.01. The van der Waals surface area contributed by atoms with Crippen LogP contribution in [-0.2, 0) is 19.6 Å². The molecule has 0 bridgehead atoms. The van der Waals surface area contributed by atoms with Gasteiger partial charge >= 0.3 is 6.09 Å². The second kappa shape index (κ2) is 12.2. The lowest BCUT2D eigenvalue weighted by atomic mass is 9.67. The minimum atomic E-state index is -0.610. The van der Waals surface area contributed by atoms with Gasteiger partial charge in [0.05, 0.1) is 24.4 Å². The highest BCUT2D eigenvalue weighted by molar-refractivity contribution is 5.69. The maximum absolute atomic E-state index is 13.9. The van der Waals surface area contributed by atoms with Gasteiger partial charge in [0.2, 0.25) is 0 Å². The van der Waals surface area contributed by atoms with Crippen molar-refractivity contribution < 1.29 is 23.4 Å². The van der Waals surface area contributed by atoms with Gasteiger partial charge in [-0.3, -0.25) is 4.98 Å². The first kappa shape index (κ1) is 29.0. The molecule has 1 spiro atoms. The summed E-state index contributed by atoms with van der Waals surface area (Å²) in [4.78, 5) is 20.7. The Labute approximate surface area is 238 Å². The van der Waals surface area contributed by atoms with Gasteiger partial charge in [0, 0.05) is 30.5 Å². The number of amides is 1. The molecule has 6 nitrogen and oxygen atoms in total. The summed E-state index contributed by atoms with van der Waals surface area (Å²) in [6, 6.07) is 14.2. The Kier molecular flexibility index (Phi) is 8.81. The average molecular weight is 553 g/mol. The van der Waals surface area contributed by atoms with Gasteiger partial charge in [-0.25, -0.2) is 9.18 Å². The molecule has 1 saturated heterocycles. The van der Waals surface area contributed by atoms with E-state index in [4.69, 9.17) is 19.2 Å². The zero-order chi connectivity index (χ0) is 28.2. The number of hydrogen-bond donors (Lipinski definition) is 0. The maximum Gasteiger partial charge on any atom is 0.410 e. The minimum absolute atomic E-state index is 0.0792. The fourth-order valence-corrected chi connectivity index (χ4v) is 7.24. The van der Waals surface area contributed by atoms with Gasteiger partial charge in [-0.15, -0.1) is 0 Å². The lowest BCUT2D eigenvalue weighted by Gasteiger charge is -2.47. The molecule has 2 aromatic rings. The molecule has 1 aliphatic heterocycles. The van der Waals surface area contributed by atoms with Crippen molar-refractivity contribution in [1.29, 1.82) is 0 Å². The fourth-order valence-electron chi connectivity index (χ4n) is 7.24. The zero-order valence-corrected chi connectivity index (χ0v) is 24.4. The van der Waals surface area contributed by atoms with Crippen LogP contribution in [0, 0.1) is 0 Å². The van der Waals surface area contributed by atoms with Gasteiger partial charge in [0.25, 0.3) is 0 Å². The molecule has 1 amide bonds. The number of halogens is 1. The van der Waals surface area contributed by atoms with Crippen molar-refractivity contribution in [3.05, 3.63) is 65.5 Å². The van der Waals surface area contributed by atoms with E-state index in [1.54, 1.807) is 0 Å². The summed E-state index contributed by atoms with van der Waals surface area (Å²) in [7, 11) is 0. The predicted molar refractivity (Wildman–Crippen MR) is 153 cm³/mol. The number of ether oxygens (including phenoxy) is 3. The molecule has 1 aromatic carbocycles. The SMILES string of the molecule is CC(C)(C)OC(=O)N(CC[C@@]1(c2ccccn2)CCOC2(CCCC2)C1)[C@H]1CC[C@H](OCCF)c2ccccc21. The van der Waals surface area contributed by atoms with Crippen LogP contribution in [0.15, 0.2) is 48.7 Å². The number of hydrogen-bond acceptors (Lipinski definition) is 5. The van der Waals surface area contributed by atoms with Crippen molar-refractivity contribution in [2.24, 2.45) is 0 Å². The van der Waals surface area contributed by atoms with Crippen LogP contribution in [0.4, 0.5) is 9.18 Å². The quantitative estimate of drug-likeness (QED) is 0.337. The summed E-state index contributed by atoms with van der Waals surface area (Å²) in [6.45, 7) is 6.57. The van der Waals surface area contributed by atoms with Crippen molar-refractivity contribution in [1.82, 2.24) is 9.88 Å². The lowest BCUT2D eigenvalue weighted by molar-refractivity contribution is -0.106. The highest BCUT2D eigenvalue weighted by Crippen LogP contribution is 2.50. The highest BCUT2D eigenvalue weighted by Gasteiger charge is 2.49. The van der Waals surface area contributed by atoms with Gasteiger partial charge in [0.1, 0.15) is 12.3 Å².